The number of aromatic nitrogens is 2. The zero-order valence-electron chi connectivity index (χ0n) is 10.1. The van der Waals surface area contributed by atoms with E-state index in [4.69, 9.17) is 4.52 Å². The highest BCUT2D eigenvalue weighted by Gasteiger charge is 2.13. The van der Waals surface area contributed by atoms with Crippen molar-refractivity contribution in [3.63, 3.8) is 0 Å². The molecule has 0 aliphatic heterocycles. The summed E-state index contributed by atoms with van der Waals surface area (Å²) >= 11 is 0. The van der Waals surface area contributed by atoms with E-state index in [2.05, 4.69) is 36.2 Å². The molecule has 1 unspecified atom stereocenters. The molecule has 0 aliphatic rings. The van der Waals surface area contributed by atoms with Gasteiger partial charge in [-0.25, -0.2) is 0 Å². The number of aryl methyl sites for hydroxylation is 1. The highest BCUT2D eigenvalue weighted by Crippen LogP contribution is 2.12. The predicted molar refractivity (Wildman–Crippen MR) is 59.4 cm³/mol. The molecule has 0 saturated heterocycles. The third-order valence-corrected chi connectivity index (χ3v) is 2.91. The Morgan fingerprint density at radius 3 is 2.47 bits per heavy atom. The molecule has 0 saturated carbocycles. The van der Waals surface area contributed by atoms with Crippen molar-refractivity contribution in [1.82, 2.24) is 15.5 Å². The van der Waals surface area contributed by atoms with E-state index < -0.39 is 0 Å². The van der Waals surface area contributed by atoms with Crippen molar-refractivity contribution in [3.8, 4) is 0 Å². The van der Waals surface area contributed by atoms with Crippen LogP contribution < -0.4 is 5.32 Å². The third-order valence-electron chi connectivity index (χ3n) is 2.91. The lowest BCUT2D eigenvalue weighted by atomic mass is 9.95. The third kappa shape index (κ3) is 3.63. The molecule has 0 radical (unpaired) electrons. The van der Waals surface area contributed by atoms with Crippen LogP contribution in [-0.2, 0) is 6.54 Å². The van der Waals surface area contributed by atoms with E-state index in [1.54, 1.807) is 6.92 Å². The number of hydrogen-bond acceptors (Lipinski definition) is 4. The monoisotopic (exact) mass is 211 g/mol. The molecule has 1 rings (SSSR count). The topological polar surface area (TPSA) is 51.0 Å². The van der Waals surface area contributed by atoms with Gasteiger partial charge in [-0.2, -0.15) is 4.98 Å². The van der Waals surface area contributed by atoms with Crippen molar-refractivity contribution in [1.29, 1.82) is 0 Å². The maximum Gasteiger partial charge on any atom is 0.223 e. The van der Waals surface area contributed by atoms with E-state index in [9.17, 15) is 0 Å². The van der Waals surface area contributed by atoms with Gasteiger partial charge in [-0.1, -0.05) is 31.8 Å². The molecule has 15 heavy (non-hydrogen) atoms. The Bertz CT molecular complexity index is 281. The fraction of sp³-hybridized carbons (Fsp3) is 0.818. The Kier molecular flexibility index (Phi) is 4.75. The van der Waals surface area contributed by atoms with Gasteiger partial charge in [-0.3, -0.25) is 0 Å². The van der Waals surface area contributed by atoms with Gasteiger partial charge in [-0.15, -0.1) is 0 Å². The molecule has 0 spiro atoms. The van der Waals surface area contributed by atoms with Crippen LogP contribution in [0, 0.1) is 12.8 Å². The molecule has 0 amide bonds. The van der Waals surface area contributed by atoms with Crippen molar-refractivity contribution >= 4 is 0 Å². The van der Waals surface area contributed by atoms with Crippen LogP contribution in [0.2, 0.25) is 0 Å². The number of nitrogens with one attached hydrogen (secondary N) is 1. The molecule has 4 heteroatoms. The molecule has 0 bridgehead atoms. The lowest BCUT2D eigenvalue weighted by Crippen LogP contribution is -2.32. The summed E-state index contributed by atoms with van der Waals surface area (Å²) in [5.41, 5.74) is 0. The molecule has 1 atom stereocenters. The smallest absolute Gasteiger partial charge is 0.223 e. The minimum atomic E-state index is 0.499. The first-order valence-corrected chi connectivity index (χ1v) is 5.69. The van der Waals surface area contributed by atoms with Crippen molar-refractivity contribution in [2.45, 2.75) is 53.1 Å². The summed E-state index contributed by atoms with van der Waals surface area (Å²) in [6.45, 7) is 9.16. The van der Waals surface area contributed by atoms with Crippen molar-refractivity contribution in [2.24, 2.45) is 5.92 Å². The van der Waals surface area contributed by atoms with Gasteiger partial charge in [0, 0.05) is 13.0 Å². The van der Waals surface area contributed by atoms with E-state index in [0.29, 0.717) is 18.5 Å². The van der Waals surface area contributed by atoms with Gasteiger partial charge in [0.1, 0.15) is 0 Å². The van der Waals surface area contributed by atoms with Crippen LogP contribution in [0.25, 0.3) is 0 Å². The molecule has 86 valence electrons. The predicted octanol–water partition coefficient (Wildman–Crippen LogP) is 2.29. The lowest BCUT2D eigenvalue weighted by Gasteiger charge is -2.21. The summed E-state index contributed by atoms with van der Waals surface area (Å²) in [6, 6.07) is 0.499. The van der Waals surface area contributed by atoms with Crippen molar-refractivity contribution < 1.29 is 4.52 Å². The zero-order chi connectivity index (χ0) is 11.3. The standard InChI is InChI=1S/C11H21N3O/c1-5-10(6-2)8(3)12-7-11-13-9(4)15-14-11/h8,10,12H,5-7H2,1-4H3. The molecule has 1 aromatic heterocycles. The van der Waals surface area contributed by atoms with Crippen LogP contribution in [0.4, 0.5) is 0 Å². The largest absolute Gasteiger partial charge is 0.340 e. The molecule has 0 aromatic carbocycles. The summed E-state index contributed by atoms with van der Waals surface area (Å²) in [5, 5.41) is 7.28. The minimum absolute atomic E-state index is 0.499. The van der Waals surface area contributed by atoms with Gasteiger partial charge < -0.3 is 9.84 Å². The Labute approximate surface area is 91.5 Å². The normalized spacial score (nSPS) is 13.4. The Morgan fingerprint density at radius 2 is 2.00 bits per heavy atom. The number of nitrogens with zero attached hydrogens (tertiary/aromatic N) is 2. The number of rotatable bonds is 6. The lowest BCUT2D eigenvalue weighted by molar-refractivity contribution is 0.343. The molecule has 0 aliphatic carbocycles. The highest BCUT2D eigenvalue weighted by atomic mass is 16.5. The van der Waals surface area contributed by atoms with E-state index in [0.717, 1.165) is 11.7 Å². The molecule has 0 fully saturated rings. The maximum absolute atomic E-state index is 4.91. The second kappa shape index (κ2) is 5.85. The van der Waals surface area contributed by atoms with E-state index in [-0.39, 0.29) is 0 Å². The van der Waals surface area contributed by atoms with Crippen LogP contribution in [0.1, 0.15) is 45.3 Å². The molecule has 1 heterocycles. The first-order chi connectivity index (χ1) is 7.17. The Morgan fingerprint density at radius 1 is 1.33 bits per heavy atom. The van der Waals surface area contributed by atoms with Crippen LogP contribution in [0.3, 0.4) is 0 Å². The molecular weight excluding hydrogens is 190 g/mol. The van der Waals surface area contributed by atoms with Crippen LogP contribution in [-0.4, -0.2) is 16.2 Å². The second-order valence-corrected chi connectivity index (χ2v) is 3.98. The maximum atomic E-state index is 4.91. The first-order valence-electron chi connectivity index (χ1n) is 5.69. The zero-order valence-corrected chi connectivity index (χ0v) is 10.1. The van der Waals surface area contributed by atoms with Gasteiger partial charge in [0.25, 0.3) is 0 Å². The van der Waals surface area contributed by atoms with Crippen molar-refractivity contribution in [2.75, 3.05) is 0 Å². The SMILES string of the molecule is CCC(CC)C(C)NCc1noc(C)n1. The fourth-order valence-electron chi connectivity index (χ4n) is 1.83. The van der Waals surface area contributed by atoms with E-state index in [1.165, 1.54) is 12.8 Å². The second-order valence-electron chi connectivity index (χ2n) is 3.98. The van der Waals surface area contributed by atoms with E-state index in [1.807, 2.05) is 0 Å². The summed E-state index contributed by atoms with van der Waals surface area (Å²) in [5.74, 6) is 2.09. The summed E-state index contributed by atoms with van der Waals surface area (Å²) < 4.78 is 4.91. The van der Waals surface area contributed by atoms with Gasteiger partial charge >= 0.3 is 0 Å². The minimum Gasteiger partial charge on any atom is -0.340 e. The average molecular weight is 211 g/mol. The Hall–Kier alpha value is -0.900. The molecular formula is C11H21N3O. The molecule has 1 N–H and O–H groups in total. The molecule has 4 nitrogen and oxygen atoms in total. The van der Waals surface area contributed by atoms with Gasteiger partial charge in [0.2, 0.25) is 5.89 Å². The van der Waals surface area contributed by atoms with Gasteiger partial charge in [-0.05, 0) is 12.8 Å². The number of hydrogen-bond donors (Lipinski definition) is 1. The van der Waals surface area contributed by atoms with Crippen LogP contribution >= 0.6 is 0 Å². The molecule has 1 aromatic rings. The van der Waals surface area contributed by atoms with Crippen molar-refractivity contribution in [3.05, 3.63) is 11.7 Å². The van der Waals surface area contributed by atoms with Crippen LogP contribution in [0.15, 0.2) is 4.52 Å². The summed E-state index contributed by atoms with van der Waals surface area (Å²) in [6.07, 6.45) is 2.41. The summed E-state index contributed by atoms with van der Waals surface area (Å²) in [7, 11) is 0. The fourth-order valence-corrected chi connectivity index (χ4v) is 1.83. The van der Waals surface area contributed by atoms with Gasteiger partial charge in [0.15, 0.2) is 5.82 Å². The highest BCUT2D eigenvalue weighted by molar-refractivity contribution is 4.84. The average Bonchev–Trinajstić information content (AvgIpc) is 2.63. The Balaban J connectivity index is 2.36. The van der Waals surface area contributed by atoms with Crippen LogP contribution in [0.5, 0.6) is 0 Å². The van der Waals surface area contributed by atoms with E-state index >= 15 is 0 Å². The van der Waals surface area contributed by atoms with Gasteiger partial charge in [0.05, 0.1) is 6.54 Å². The summed E-state index contributed by atoms with van der Waals surface area (Å²) in [4.78, 5) is 4.15. The first kappa shape index (κ1) is 12.2. The quantitative estimate of drug-likeness (QED) is 0.784.